The lowest BCUT2D eigenvalue weighted by molar-refractivity contribution is -0.138. The minimum absolute atomic E-state index is 0.0591. The van der Waals surface area contributed by atoms with Crippen LogP contribution in [0.1, 0.15) is 34.8 Å². The Morgan fingerprint density at radius 3 is 2.61 bits per heavy atom. The van der Waals surface area contributed by atoms with Gasteiger partial charge in [0.15, 0.2) is 0 Å². The van der Waals surface area contributed by atoms with Gasteiger partial charge in [-0.1, -0.05) is 25.1 Å². The molecule has 2 aromatic carbocycles. The molecule has 174 valence electrons. The Bertz CT molecular complexity index is 1190. The first-order valence-corrected chi connectivity index (χ1v) is 10.7. The number of hydrogen-bond donors (Lipinski definition) is 1. The summed E-state index contributed by atoms with van der Waals surface area (Å²) < 4.78 is 53.5. The molecule has 3 aromatic rings. The van der Waals surface area contributed by atoms with Gasteiger partial charge in [-0.25, -0.2) is 4.39 Å². The van der Waals surface area contributed by atoms with Crippen LogP contribution >= 0.6 is 0 Å². The second-order valence-electron chi connectivity index (χ2n) is 8.14. The maximum Gasteiger partial charge on any atom is 0.416 e. The van der Waals surface area contributed by atoms with Crippen molar-refractivity contribution >= 4 is 22.7 Å². The topological polar surface area (TPSA) is 56.4 Å². The van der Waals surface area contributed by atoms with Gasteiger partial charge in [0, 0.05) is 48.7 Å². The maximum atomic E-state index is 13.9. The van der Waals surface area contributed by atoms with Crippen molar-refractivity contribution in [1.82, 2.24) is 14.8 Å². The lowest BCUT2D eigenvalue weighted by atomic mass is 9.99. The van der Waals surface area contributed by atoms with Crippen LogP contribution in [0.3, 0.4) is 0 Å². The third kappa shape index (κ3) is 4.72. The standard InChI is InChI=1S/C24H23F4N3O2/c1-2-22(32)30-7-8-31(23(33)15-9-17(24(26,27)28)12-18(25)10-15)19(14-30)11-16-13-29-21-6-4-3-5-20(16)21/h3-6,9-10,12-13,19,29H,2,7-8,11,14H2,1H3/t19-/m1/s1. The van der Waals surface area contributed by atoms with Crippen molar-refractivity contribution in [2.45, 2.75) is 32.0 Å². The summed E-state index contributed by atoms with van der Waals surface area (Å²) in [5.41, 5.74) is 0.275. The fraction of sp³-hybridized carbons (Fsp3) is 0.333. The maximum absolute atomic E-state index is 13.9. The van der Waals surface area contributed by atoms with Gasteiger partial charge in [-0.3, -0.25) is 9.59 Å². The van der Waals surface area contributed by atoms with Crippen molar-refractivity contribution in [2.24, 2.45) is 0 Å². The van der Waals surface area contributed by atoms with Gasteiger partial charge in [-0.05, 0) is 36.2 Å². The van der Waals surface area contributed by atoms with E-state index in [0.717, 1.165) is 22.5 Å². The fourth-order valence-corrected chi connectivity index (χ4v) is 4.34. The molecule has 1 atom stereocenters. The number of piperazine rings is 1. The Hall–Kier alpha value is -3.36. The summed E-state index contributed by atoms with van der Waals surface area (Å²) in [5.74, 6) is -1.87. The van der Waals surface area contributed by atoms with E-state index in [1.165, 1.54) is 4.90 Å². The highest BCUT2D eigenvalue weighted by Gasteiger charge is 2.36. The van der Waals surface area contributed by atoms with Crippen LogP contribution in [0.5, 0.6) is 0 Å². The Labute approximate surface area is 188 Å². The van der Waals surface area contributed by atoms with Crippen LogP contribution in [-0.4, -0.2) is 52.3 Å². The molecule has 2 heterocycles. The number of nitrogens with zero attached hydrogens (tertiary/aromatic N) is 2. The number of H-pyrrole nitrogens is 1. The first-order valence-electron chi connectivity index (χ1n) is 10.7. The van der Waals surface area contributed by atoms with Crippen molar-refractivity contribution < 1.29 is 27.2 Å². The lowest BCUT2D eigenvalue weighted by Crippen LogP contribution is -2.57. The molecule has 0 saturated carbocycles. The lowest BCUT2D eigenvalue weighted by Gasteiger charge is -2.41. The Balaban J connectivity index is 1.67. The van der Waals surface area contributed by atoms with Crippen LogP contribution in [0.15, 0.2) is 48.7 Å². The zero-order valence-electron chi connectivity index (χ0n) is 18.0. The van der Waals surface area contributed by atoms with Gasteiger partial charge in [-0.15, -0.1) is 0 Å². The molecule has 0 bridgehead atoms. The predicted octanol–water partition coefficient (Wildman–Crippen LogP) is 4.63. The first kappa shape index (κ1) is 22.8. The molecule has 33 heavy (non-hydrogen) atoms. The highest BCUT2D eigenvalue weighted by Crippen LogP contribution is 2.31. The highest BCUT2D eigenvalue weighted by molar-refractivity contribution is 5.95. The molecule has 9 heteroatoms. The molecule has 0 unspecified atom stereocenters. The minimum Gasteiger partial charge on any atom is -0.361 e. The number of para-hydroxylation sites is 1. The molecule has 0 spiro atoms. The molecule has 2 amide bonds. The molecule has 4 rings (SSSR count). The summed E-state index contributed by atoms with van der Waals surface area (Å²) in [5, 5.41) is 0.967. The second kappa shape index (κ2) is 8.88. The number of aromatic amines is 1. The number of aromatic nitrogens is 1. The molecule has 0 aliphatic carbocycles. The number of halogens is 4. The SMILES string of the molecule is CCC(=O)N1CCN(C(=O)c2cc(F)cc(C(F)(F)F)c2)[C@H](Cc2c[nH]c3ccccc23)C1. The number of hydrogen-bond acceptors (Lipinski definition) is 2. The Morgan fingerprint density at radius 2 is 1.88 bits per heavy atom. The summed E-state index contributed by atoms with van der Waals surface area (Å²) in [7, 11) is 0. The number of alkyl halides is 3. The van der Waals surface area contributed by atoms with E-state index in [9.17, 15) is 27.2 Å². The van der Waals surface area contributed by atoms with Crippen LogP contribution < -0.4 is 0 Å². The number of fused-ring (bicyclic) bond motifs is 1. The van der Waals surface area contributed by atoms with Gasteiger partial charge in [0.05, 0.1) is 11.6 Å². The zero-order chi connectivity index (χ0) is 23.8. The summed E-state index contributed by atoms with van der Waals surface area (Å²) in [6.45, 7) is 2.42. The van der Waals surface area contributed by atoms with E-state index in [4.69, 9.17) is 0 Å². The van der Waals surface area contributed by atoms with Crippen molar-refractivity contribution in [3.05, 3.63) is 71.2 Å². The summed E-state index contributed by atoms with van der Waals surface area (Å²) in [6, 6.07) is 9.04. The van der Waals surface area contributed by atoms with Crippen molar-refractivity contribution in [3.8, 4) is 0 Å². The van der Waals surface area contributed by atoms with E-state index in [0.29, 0.717) is 25.0 Å². The molecule has 1 aliphatic heterocycles. The number of carbonyl (C=O) groups is 2. The first-order chi connectivity index (χ1) is 15.7. The van der Waals surface area contributed by atoms with Crippen LogP contribution in [-0.2, 0) is 17.4 Å². The molecule has 1 aromatic heterocycles. The predicted molar refractivity (Wildman–Crippen MR) is 115 cm³/mol. The van der Waals surface area contributed by atoms with Crippen molar-refractivity contribution in [2.75, 3.05) is 19.6 Å². The Kier molecular flexibility index (Phi) is 6.14. The van der Waals surface area contributed by atoms with E-state index in [2.05, 4.69) is 4.98 Å². The smallest absolute Gasteiger partial charge is 0.361 e. The van der Waals surface area contributed by atoms with Gasteiger partial charge < -0.3 is 14.8 Å². The summed E-state index contributed by atoms with van der Waals surface area (Å²) >= 11 is 0. The van der Waals surface area contributed by atoms with Gasteiger partial charge in [0.2, 0.25) is 5.91 Å². The largest absolute Gasteiger partial charge is 0.416 e. The van der Waals surface area contributed by atoms with E-state index in [-0.39, 0.29) is 31.1 Å². The van der Waals surface area contributed by atoms with E-state index >= 15 is 0 Å². The molecular formula is C24H23F4N3O2. The highest BCUT2D eigenvalue weighted by atomic mass is 19.4. The third-order valence-electron chi connectivity index (χ3n) is 6.00. The van der Waals surface area contributed by atoms with Crippen LogP contribution in [0.25, 0.3) is 10.9 Å². The molecule has 1 N–H and O–H groups in total. The molecule has 1 fully saturated rings. The van der Waals surface area contributed by atoms with Crippen LogP contribution in [0, 0.1) is 5.82 Å². The fourth-order valence-electron chi connectivity index (χ4n) is 4.34. The normalized spacial score (nSPS) is 16.9. The second-order valence-corrected chi connectivity index (χ2v) is 8.14. The molecule has 1 saturated heterocycles. The van der Waals surface area contributed by atoms with Gasteiger partial charge >= 0.3 is 6.18 Å². The van der Waals surface area contributed by atoms with Gasteiger partial charge in [0.25, 0.3) is 5.91 Å². The van der Waals surface area contributed by atoms with Crippen LogP contribution in [0.2, 0.25) is 0 Å². The molecule has 1 aliphatic rings. The average molecular weight is 461 g/mol. The molecule has 5 nitrogen and oxygen atoms in total. The quantitative estimate of drug-likeness (QED) is 0.576. The number of amides is 2. The van der Waals surface area contributed by atoms with E-state index in [1.54, 1.807) is 11.8 Å². The monoisotopic (exact) mass is 461 g/mol. The van der Waals surface area contributed by atoms with Gasteiger partial charge in [-0.2, -0.15) is 13.2 Å². The number of rotatable bonds is 4. The van der Waals surface area contributed by atoms with Crippen LogP contribution in [0.4, 0.5) is 17.6 Å². The minimum atomic E-state index is -4.77. The van der Waals surface area contributed by atoms with Gasteiger partial charge in [0.1, 0.15) is 5.82 Å². The number of carbonyl (C=O) groups excluding carboxylic acids is 2. The zero-order valence-corrected chi connectivity index (χ0v) is 18.0. The molecule has 0 radical (unpaired) electrons. The van der Waals surface area contributed by atoms with Crippen molar-refractivity contribution in [1.29, 1.82) is 0 Å². The van der Waals surface area contributed by atoms with E-state index < -0.39 is 29.5 Å². The molecular weight excluding hydrogens is 438 g/mol. The van der Waals surface area contributed by atoms with Crippen molar-refractivity contribution in [3.63, 3.8) is 0 Å². The van der Waals surface area contributed by atoms with E-state index in [1.807, 2.05) is 30.5 Å². The summed E-state index contributed by atoms with van der Waals surface area (Å²) in [4.78, 5) is 31.9. The average Bonchev–Trinajstić information content (AvgIpc) is 3.20. The number of benzene rings is 2. The third-order valence-corrected chi connectivity index (χ3v) is 6.00. The number of nitrogens with one attached hydrogen (secondary N) is 1. The Morgan fingerprint density at radius 1 is 1.12 bits per heavy atom. The summed E-state index contributed by atoms with van der Waals surface area (Å²) in [6.07, 6.45) is -2.23.